The van der Waals surface area contributed by atoms with E-state index in [4.69, 9.17) is 4.55 Å². The number of rotatable bonds is 5. The van der Waals surface area contributed by atoms with Gasteiger partial charge in [-0.25, -0.2) is 8.42 Å². The molecule has 0 radical (unpaired) electrons. The summed E-state index contributed by atoms with van der Waals surface area (Å²) in [7, 11) is -5.28. The molecule has 7 nitrogen and oxygen atoms in total. The lowest BCUT2D eigenvalue weighted by molar-refractivity contribution is 0.390. The van der Waals surface area contributed by atoms with Crippen molar-refractivity contribution in [2.45, 2.75) is 16.3 Å². The third-order valence-electron chi connectivity index (χ3n) is 3.58. The summed E-state index contributed by atoms with van der Waals surface area (Å²) in [6, 6.07) is 11.5. The molecule has 9 heteroatoms. The van der Waals surface area contributed by atoms with E-state index in [0.29, 0.717) is 17.8 Å². The van der Waals surface area contributed by atoms with Crippen molar-refractivity contribution in [3.05, 3.63) is 54.1 Å². The average molecular weight is 371 g/mol. The summed E-state index contributed by atoms with van der Waals surface area (Å²) < 4.78 is 65.3. The molecule has 0 bridgehead atoms. The van der Waals surface area contributed by atoms with Crippen molar-refractivity contribution < 1.29 is 25.9 Å². The van der Waals surface area contributed by atoms with Crippen LogP contribution in [0.1, 0.15) is 5.56 Å². The van der Waals surface area contributed by atoms with E-state index >= 15 is 0 Å². The van der Waals surface area contributed by atoms with E-state index < -0.39 is 20.2 Å². The van der Waals surface area contributed by atoms with Gasteiger partial charge in [-0.05, 0) is 24.3 Å². The van der Waals surface area contributed by atoms with Gasteiger partial charge in [0, 0.05) is 11.6 Å². The molecule has 0 saturated heterocycles. The molecule has 2 aromatic carbocycles. The molecule has 24 heavy (non-hydrogen) atoms. The van der Waals surface area contributed by atoms with Crippen LogP contribution in [0, 0.1) is 0 Å². The minimum absolute atomic E-state index is 0.179. The van der Waals surface area contributed by atoms with Gasteiger partial charge in [-0.2, -0.15) is 8.42 Å². The molecule has 0 heterocycles. The van der Waals surface area contributed by atoms with Crippen molar-refractivity contribution in [1.82, 2.24) is 4.48 Å². The van der Waals surface area contributed by atoms with E-state index in [9.17, 15) is 21.4 Å². The molecular formula is C15H17NO6S2. The molecular weight excluding hydrogens is 354 g/mol. The van der Waals surface area contributed by atoms with Crippen LogP contribution in [0.15, 0.2) is 58.3 Å². The largest absolute Gasteiger partial charge is 0.744 e. The quantitative estimate of drug-likeness (QED) is 0.631. The van der Waals surface area contributed by atoms with Gasteiger partial charge >= 0.3 is 0 Å². The zero-order valence-corrected chi connectivity index (χ0v) is 14.7. The van der Waals surface area contributed by atoms with Crippen LogP contribution >= 0.6 is 0 Å². The third kappa shape index (κ3) is 4.40. The minimum Gasteiger partial charge on any atom is -0.744 e. The molecule has 2 aromatic rings. The van der Waals surface area contributed by atoms with E-state index in [1.54, 1.807) is 26.2 Å². The topological polar surface area (TPSA) is 112 Å². The van der Waals surface area contributed by atoms with Crippen LogP contribution in [0.3, 0.4) is 0 Å². The van der Waals surface area contributed by atoms with E-state index in [2.05, 4.69) is 0 Å². The summed E-state index contributed by atoms with van der Waals surface area (Å²) in [5.41, 5.74) is 1.20. The molecule has 130 valence electrons. The molecule has 0 aromatic heterocycles. The lowest BCUT2D eigenvalue weighted by Crippen LogP contribution is -2.39. The Morgan fingerprint density at radius 2 is 1.54 bits per heavy atom. The summed E-state index contributed by atoms with van der Waals surface area (Å²) in [6.07, 6.45) is 0. The van der Waals surface area contributed by atoms with Gasteiger partial charge in [0.05, 0.1) is 23.9 Å². The maximum atomic E-state index is 11.2. The van der Waals surface area contributed by atoms with Crippen molar-refractivity contribution >= 4 is 25.9 Å². The molecule has 0 aliphatic carbocycles. The number of hydrogen-bond acceptors (Lipinski definition) is 5. The maximum absolute atomic E-state index is 11.2. The molecule has 0 amide bonds. The number of hydrogen-bond donors (Lipinski definition) is 1. The molecule has 2 rings (SSSR count). The van der Waals surface area contributed by atoms with Crippen LogP contribution in [0.5, 0.6) is 0 Å². The van der Waals surface area contributed by atoms with Gasteiger partial charge in [0.15, 0.2) is 0 Å². The zero-order chi connectivity index (χ0) is 18.2. The van der Waals surface area contributed by atoms with Crippen molar-refractivity contribution in [1.29, 1.82) is 0 Å². The Hall–Kier alpha value is -1.78. The Morgan fingerprint density at radius 1 is 0.958 bits per heavy atom. The van der Waals surface area contributed by atoms with E-state index in [-0.39, 0.29) is 14.3 Å². The van der Waals surface area contributed by atoms with Crippen molar-refractivity contribution in [2.24, 2.45) is 0 Å². The Morgan fingerprint density at radius 3 is 2.12 bits per heavy atom. The maximum Gasteiger partial charge on any atom is 0.294 e. The van der Waals surface area contributed by atoms with Gasteiger partial charge in [0.2, 0.25) is 0 Å². The van der Waals surface area contributed by atoms with Gasteiger partial charge in [0.1, 0.15) is 22.4 Å². The fourth-order valence-corrected chi connectivity index (χ4v) is 3.43. The first-order valence-electron chi connectivity index (χ1n) is 6.85. The molecule has 0 fully saturated rings. The Labute approximate surface area is 141 Å². The van der Waals surface area contributed by atoms with Crippen LogP contribution < -0.4 is 4.48 Å². The van der Waals surface area contributed by atoms with Crippen LogP contribution in [-0.4, -0.2) is 40.0 Å². The fraction of sp³-hybridized carbons (Fsp3) is 0.200. The summed E-state index contributed by atoms with van der Waals surface area (Å²) >= 11 is 0. The highest BCUT2D eigenvalue weighted by molar-refractivity contribution is 7.86. The van der Waals surface area contributed by atoms with Crippen molar-refractivity contribution in [3.63, 3.8) is 0 Å². The predicted octanol–water partition coefficient (Wildman–Crippen LogP) is 1.60. The standard InChI is InChI=1S/C15H17NO6S2/c1-16(2,13-6-4-8-15(10-13)24(20,21)22)11-12-5-3-7-14(9-12)23(17,18)19/h3-10H,11H2,1-2H3,(H-,17,18,19,20,21,22). The summed E-state index contributed by atoms with van der Waals surface area (Å²) in [4.78, 5) is -0.534. The fourth-order valence-electron chi connectivity index (χ4n) is 2.37. The lowest BCUT2D eigenvalue weighted by Gasteiger charge is -2.30. The van der Waals surface area contributed by atoms with Crippen molar-refractivity contribution in [2.75, 3.05) is 14.1 Å². The first-order chi connectivity index (χ1) is 10.9. The average Bonchev–Trinajstić information content (AvgIpc) is 2.45. The zero-order valence-electron chi connectivity index (χ0n) is 13.1. The van der Waals surface area contributed by atoms with Crippen LogP contribution in [0.4, 0.5) is 5.69 Å². The summed E-state index contributed by atoms with van der Waals surface area (Å²) in [6.45, 7) is 0.325. The van der Waals surface area contributed by atoms with Gasteiger partial charge in [-0.3, -0.25) is 9.04 Å². The Kier molecular flexibility index (Phi) is 4.84. The van der Waals surface area contributed by atoms with Gasteiger partial charge < -0.3 is 4.55 Å². The second-order valence-electron chi connectivity index (χ2n) is 5.92. The van der Waals surface area contributed by atoms with Crippen LogP contribution in [-0.2, 0) is 26.8 Å². The second kappa shape index (κ2) is 6.26. The van der Waals surface area contributed by atoms with E-state index in [1.807, 2.05) is 0 Å². The van der Waals surface area contributed by atoms with E-state index in [0.717, 1.165) is 0 Å². The summed E-state index contributed by atoms with van der Waals surface area (Å²) in [5, 5.41) is 0. The highest BCUT2D eigenvalue weighted by Gasteiger charge is 2.22. The highest BCUT2D eigenvalue weighted by atomic mass is 32.2. The molecule has 0 unspecified atom stereocenters. The number of nitrogens with zero attached hydrogens (tertiary/aromatic N) is 1. The molecule has 1 N–H and O–H groups in total. The first-order valence-corrected chi connectivity index (χ1v) is 9.70. The van der Waals surface area contributed by atoms with Crippen LogP contribution in [0.2, 0.25) is 0 Å². The monoisotopic (exact) mass is 371 g/mol. The molecule has 0 aliphatic rings. The Bertz CT molecular complexity index is 965. The number of quaternary nitrogens is 1. The SMILES string of the molecule is C[N+](C)(Cc1cccc(S(=O)(=O)O)c1)c1cccc(S(=O)(=O)[O-])c1. The predicted molar refractivity (Wildman–Crippen MR) is 88.0 cm³/mol. The minimum atomic E-state index is -4.56. The molecule has 0 aliphatic heterocycles. The summed E-state index contributed by atoms with van der Waals surface area (Å²) in [5.74, 6) is 0. The van der Waals surface area contributed by atoms with Gasteiger partial charge in [-0.15, -0.1) is 0 Å². The second-order valence-corrected chi connectivity index (χ2v) is 8.72. The lowest BCUT2D eigenvalue weighted by atomic mass is 10.1. The first kappa shape index (κ1) is 18.6. The van der Waals surface area contributed by atoms with Gasteiger partial charge in [0.25, 0.3) is 10.1 Å². The third-order valence-corrected chi connectivity index (χ3v) is 5.26. The Balaban J connectivity index is 2.39. The smallest absolute Gasteiger partial charge is 0.294 e. The van der Waals surface area contributed by atoms with E-state index in [1.165, 1.54) is 36.4 Å². The van der Waals surface area contributed by atoms with Crippen molar-refractivity contribution in [3.8, 4) is 0 Å². The number of benzene rings is 2. The normalized spacial score (nSPS) is 13.0. The molecule has 0 spiro atoms. The molecule has 0 atom stereocenters. The van der Waals surface area contributed by atoms with Gasteiger partial charge in [-0.1, -0.05) is 18.2 Å². The molecule has 0 saturated carbocycles. The van der Waals surface area contributed by atoms with Crippen LogP contribution in [0.25, 0.3) is 0 Å². The highest BCUT2D eigenvalue weighted by Crippen LogP contribution is 2.25.